The van der Waals surface area contributed by atoms with E-state index in [1.165, 1.54) is 6.92 Å². The molecule has 2 atom stereocenters. The third-order valence-electron chi connectivity index (χ3n) is 3.66. The maximum Gasteiger partial charge on any atom is 0.324 e. The highest BCUT2D eigenvalue weighted by molar-refractivity contribution is 5.95. The van der Waals surface area contributed by atoms with Crippen molar-refractivity contribution in [1.29, 1.82) is 0 Å². The molecule has 0 bridgehead atoms. The van der Waals surface area contributed by atoms with E-state index in [0.29, 0.717) is 6.42 Å². The quantitative estimate of drug-likeness (QED) is 0.355. The van der Waals surface area contributed by atoms with E-state index in [0.717, 1.165) is 0 Å². The van der Waals surface area contributed by atoms with Crippen LogP contribution in [0.1, 0.15) is 68.2 Å². The molecule has 28 heavy (non-hydrogen) atoms. The SMILES string of the molecule is CCC(CC(C)C(=O)O)C(=O)OCC(C(=O)OC(C)(C)C)C(=O)OC(C)(C)C. The molecule has 0 saturated heterocycles. The lowest BCUT2D eigenvalue weighted by atomic mass is 9.94. The monoisotopic (exact) mass is 402 g/mol. The summed E-state index contributed by atoms with van der Waals surface area (Å²) < 4.78 is 15.7. The first-order chi connectivity index (χ1) is 12.6. The van der Waals surface area contributed by atoms with Crippen molar-refractivity contribution in [3.8, 4) is 0 Å². The summed E-state index contributed by atoms with van der Waals surface area (Å²) >= 11 is 0. The van der Waals surface area contributed by atoms with E-state index in [9.17, 15) is 19.2 Å². The van der Waals surface area contributed by atoms with Crippen LogP contribution in [0.5, 0.6) is 0 Å². The minimum absolute atomic E-state index is 0.105. The number of rotatable bonds is 9. The minimum atomic E-state index is -1.42. The van der Waals surface area contributed by atoms with Crippen LogP contribution in [0.4, 0.5) is 0 Å². The molecule has 2 unspecified atom stereocenters. The second-order valence-corrected chi connectivity index (χ2v) is 8.83. The van der Waals surface area contributed by atoms with Gasteiger partial charge in [-0.25, -0.2) is 0 Å². The number of carboxylic acid groups (broad SMARTS) is 1. The molecule has 0 rings (SSSR count). The van der Waals surface area contributed by atoms with Gasteiger partial charge in [-0.2, -0.15) is 0 Å². The van der Waals surface area contributed by atoms with E-state index in [1.54, 1.807) is 48.5 Å². The van der Waals surface area contributed by atoms with Crippen molar-refractivity contribution in [1.82, 2.24) is 0 Å². The second kappa shape index (κ2) is 10.4. The lowest BCUT2D eigenvalue weighted by Crippen LogP contribution is -2.40. The van der Waals surface area contributed by atoms with Gasteiger partial charge in [0, 0.05) is 0 Å². The molecule has 162 valence electrons. The van der Waals surface area contributed by atoms with E-state index in [4.69, 9.17) is 19.3 Å². The zero-order valence-electron chi connectivity index (χ0n) is 18.2. The van der Waals surface area contributed by atoms with Crippen LogP contribution in [0, 0.1) is 17.8 Å². The molecule has 8 heteroatoms. The Bertz CT molecular complexity index is 540. The Kier molecular flexibility index (Phi) is 9.64. The second-order valence-electron chi connectivity index (χ2n) is 8.83. The van der Waals surface area contributed by atoms with Crippen LogP contribution in [-0.4, -0.2) is 46.8 Å². The van der Waals surface area contributed by atoms with Crippen molar-refractivity contribution in [3.05, 3.63) is 0 Å². The van der Waals surface area contributed by atoms with Crippen molar-refractivity contribution in [2.75, 3.05) is 6.61 Å². The predicted octanol–water partition coefficient (Wildman–Crippen LogP) is 2.97. The number of hydrogen-bond acceptors (Lipinski definition) is 7. The molecule has 0 aliphatic heterocycles. The first-order valence-corrected chi connectivity index (χ1v) is 9.42. The topological polar surface area (TPSA) is 116 Å². The molecule has 0 heterocycles. The first kappa shape index (κ1) is 25.9. The van der Waals surface area contributed by atoms with Crippen LogP contribution < -0.4 is 0 Å². The van der Waals surface area contributed by atoms with Gasteiger partial charge in [0.05, 0.1) is 11.8 Å². The number of carbonyl (C=O) groups is 4. The van der Waals surface area contributed by atoms with Crippen LogP contribution in [0.2, 0.25) is 0 Å². The van der Waals surface area contributed by atoms with Gasteiger partial charge in [-0.05, 0) is 54.4 Å². The Morgan fingerprint density at radius 3 is 1.61 bits per heavy atom. The summed E-state index contributed by atoms with van der Waals surface area (Å²) in [5, 5.41) is 9.01. The third kappa shape index (κ3) is 10.3. The van der Waals surface area contributed by atoms with Gasteiger partial charge in [-0.3, -0.25) is 19.2 Å². The van der Waals surface area contributed by atoms with E-state index >= 15 is 0 Å². The van der Waals surface area contributed by atoms with Gasteiger partial charge in [0.1, 0.15) is 17.8 Å². The van der Waals surface area contributed by atoms with E-state index < -0.39 is 59.4 Å². The van der Waals surface area contributed by atoms with Crippen molar-refractivity contribution in [2.24, 2.45) is 17.8 Å². The molecular formula is C20H34O8. The summed E-state index contributed by atoms with van der Waals surface area (Å²) in [6, 6.07) is 0. The number of carbonyl (C=O) groups excluding carboxylic acids is 3. The standard InChI is InChI=1S/C20H34O8/c1-9-13(10-12(2)15(21)22)16(23)26-11-14(17(24)27-19(3,4)5)18(25)28-20(6,7)8/h12-14H,9-11H2,1-8H3,(H,21,22). The summed E-state index contributed by atoms with van der Waals surface area (Å²) in [5.41, 5.74) is -1.66. The van der Waals surface area contributed by atoms with Crippen LogP contribution >= 0.6 is 0 Å². The van der Waals surface area contributed by atoms with E-state index in [1.807, 2.05) is 0 Å². The number of esters is 3. The van der Waals surface area contributed by atoms with Crippen molar-refractivity contribution in [2.45, 2.75) is 79.4 Å². The average Bonchev–Trinajstić information content (AvgIpc) is 2.48. The number of aliphatic carboxylic acids is 1. The number of hydrogen-bond donors (Lipinski definition) is 1. The summed E-state index contributed by atoms with van der Waals surface area (Å²) in [6.07, 6.45) is 0.480. The zero-order chi connectivity index (χ0) is 22.3. The first-order valence-electron chi connectivity index (χ1n) is 9.42. The predicted molar refractivity (Wildman–Crippen MR) is 101 cm³/mol. The molecule has 0 aromatic carbocycles. The maximum absolute atomic E-state index is 12.4. The molecule has 0 spiro atoms. The maximum atomic E-state index is 12.4. The van der Waals surface area contributed by atoms with Crippen molar-refractivity contribution in [3.63, 3.8) is 0 Å². The number of ether oxygens (including phenoxy) is 3. The van der Waals surface area contributed by atoms with E-state index in [2.05, 4.69) is 0 Å². The van der Waals surface area contributed by atoms with Crippen molar-refractivity contribution >= 4 is 23.9 Å². The van der Waals surface area contributed by atoms with Crippen LogP contribution in [0.3, 0.4) is 0 Å². The minimum Gasteiger partial charge on any atom is -0.481 e. The smallest absolute Gasteiger partial charge is 0.324 e. The van der Waals surface area contributed by atoms with E-state index in [-0.39, 0.29) is 6.42 Å². The number of carboxylic acids is 1. The van der Waals surface area contributed by atoms with Gasteiger partial charge in [-0.15, -0.1) is 0 Å². The van der Waals surface area contributed by atoms with Gasteiger partial charge < -0.3 is 19.3 Å². The average molecular weight is 402 g/mol. The Balaban J connectivity index is 5.21. The molecule has 8 nitrogen and oxygen atoms in total. The summed E-state index contributed by atoms with van der Waals surface area (Å²) in [7, 11) is 0. The fraction of sp³-hybridized carbons (Fsp3) is 0.800. The third-order valence-corrected chi connectivity index (χ3v) is 3.66. The summed E-state index contributed by atoms with van der Waals surface area (Å²) in [5.74, 6) is -6.15. The largest absolute Gasteiger partial charge is 0.481 e. The molecule has 0 fully saturated rings. The Labute approximate surface area is 166 Å². The van der Waals surface area contributed by atoms with Gasteiger partial charge in [0.2, 0.25) is 0 Å². The zero-order valence-corrected chi connectivity index (χ0v) is 18.2. The fourth-order valence-corrected chi connectivity index (χ4v) is 2.22. The Morgan fingerprint density at radius 1 is 0.857 bits per heavy atom. The highest BCUT2D eigenvalue weighted by Crippen LogP contribution is 2.20. The molecule has 0 radical (unpaired) electrons. The lowest BCUT2D eigenvalue weighted by molar-refractivity contribution is -0.178. The molecule has 0 aromatic rings. The molecule has 0 aliphatic rings. The van der Waals surface area contributed by atoms with Crippen LogP contribution in [0.15, 0.2) is 0 Å². The van der Waals surface area contributed by atoms with Gasteiger partial charge in [0.15, 0.2) is 5.92 Å². The van der Waals surface area contributed by atoms with Crippen LogP contribution in [0.25, 0.3) is 0 Å². The molecule has 0 aromatic heterocycles. The molecule has 0 saturated carbocycles. The lowest BCUT2D eigenvalue weighted by Gasteiger charge is -2.26. The normalized spacial score (nSPS) is 14.2. The van der Waals surface area contributed by atoms with Gasteiger partial charge in [-0.1, -0.05) is 13.8 Å². The van der Waals surface area contributed by atoms with Gasteiger partial charge in [0.25, 0.3) is 0 Å². The highest BCUT2D eigenvalue weighted by Gasteiger charge is 2.36. The van der Waals surface area contributed by atoms with Crippen molar-refractivity contribution < 1.29 is 38.5 Å². The highest BCUT2D eigenvalue weighted by atomic mass is 16.6. The Morgan fingerprint density at radius 2 is 1.29 bits per heavy atom. The molecular weight excluding hydrogens is 368 g/mol. The molecule has 0 amide bonds. The fourth-order valence-electron chi connectivity index (χ4n) is 2.22. The molecule has 1 N–H and O–H groups in total. The van der Waals surface area contributed by atoms with Gasteiger partial charge >= 0.3 is 23.9 Å². The summed E-state index contributed by atoms with van der Waals surface area (Å²) in [4.78, 5) is 48.2. The summed E-state index contributed by atoms with van der Waals surface area (Å²) in [6.45, 7) is 12.6. The Hall–Kier alpha value is -2.12. The molecule has 0 aliphatic carbocycles. The van der Waals surface area contributed by atoms with Crippen LogP contribution in [-0.2, 0) is 33.4 Å².